The highest BCUT2D eigenvalue weighted by atomic mass is 35.5. The molecule has 0 heterocycles. The van der Waals surface area contributed by atoms with Gasteiger partial charge in [0.15, 0.2) is 0 Å². The quantitative estimate of drug-likeness (QED) is 0.805. The van der Waals surface area contributed by atoms with Crippen LogP contribution in [0.25, 0.3) is 0 Å². The third kappa shape index (κ3) is 4.71. The number of nitrogens with zero attached hydrogens (tertiary/aromatic N) is 1. The largest absolute Gasteiger partial charge is 0.495 e. The Morgan fingerprint density at radius 3 is 2.62 bits per heavy atom. The first-order valence-electron chi connectivity index (χ1n) is 8.02. The first kappa shape index (κ1) is 20.1. The van der Waals surface area contributed by atoms with E-state index in [0.717, 1.165) is 11.6 Å². The molecule has 0 aliphatic heterocycles. The van der Waals surface area contributed by atoms with Crippen molar-refractivity contribution in [2.45, 2.75) is 26.4 Å². The summed E-state index contributed by atoms with van der Waals surface area (Å²) in [6, 6.07) is 6.20. The lowest BCUT2D eigenvalue weighted by Crippen LogP contribution is -2.39. The van der Waals surface area contributed by atoms with Gasteiger partial charge in [0.2, 0.25) is 5.91 Å². The number of carbonyl (C=O) groups excluding carboxylic acids is 1. The highest BCUT2D eigenvalue weighted by Gasteiger charge is 2.21. The number of nitrogens with one attached hydrogen (secondary N) is 1. The number of hydrogen-bond donors (Lipinski definition) is 1. The third-order valence-corrected chi connectivity index (χ3v) is 4.62. The predicted octanol–water partition coefficient (Wildman–Crippen LogP) is 4.39. The summed E-state index contributed by atoms with van der Waals surface area (Å²) in [4.78, 5) is 14.2. The molecule has 0 saturated heterocycles. The van der Waals surface area contributed by atoms with Crippen LogP contribution in [0.5, 0.6) is 5.75 Å². The molecule has 4 nitrogen and oxygen atoms in total. The average Bonchev–Trinajstić information content (AvgIpc) is 2.59. The van der Waals surface area contributed by atoms with E-state index in [0.29, 0.717) is 22.0 Å². The van der Waals surface area contributed by atoms with Gasteiger partial charge in [0.1, 0.15) is 17.4 Å². The minimum atomic E-state index is -0.639. The standard InChI is InChI=1S/C19H21ClF2N2O2/c1-11-7-17(18(26-4)9-15(11)20)23-19(25)12(2)24(3)10-13-5-6-14(21)8-16(13)22/h5-9,12H,10H2,1-4H3,(H,23,25). The topological polar surface area (TPSA) is 41.6 Å². The SMILES string of the molecule is COc1cc(Cl)c(C)cc1NC(=O)C(C)N(C)Cc1ccc(F)cc1F. The van der Waals surface area contributed by atoms with E-state index in [1.54, 1.807) is 31.0 Å². The first-order chi connectivity index (χ1) is 12.2. The zero-order chi connectivity index (χ0) is 19.4. The highest BCUT2D eigenvalue weighted by Crippen LogP contribution is 2.31. The lowest BCUT2D eigenvalue weighted by atomic mass is 10.1. The van der Waals surface area contributed by atoms with Gasteiger partial charge in [-0.1, -0.05) is 17.7 Å². The molecule has 1 N–H and O–H groups in total. The van der Waals surface area contributed by atoms with Crippen molar-refractivity contribution in [2.24, 2.45) is 0 Å². The second-order valence-corrected chi connectivity index (χ2v) is 6.52. The number of aryl methyl sites for hydroxylation is 1. The summed E-state index contributed by atoms with van der Waals surface area (Å²) in [5.74, 6) is -1.10. The number of benzene rings is 2. The van der Waals surface area contributed by atoms with Crippen LogP contribution in [-0.4, -0.2) is 31.0 Å². The van der Waals surface area contributed by atoms with Crippen molar-refractivity contribution in [2.75, 3.05) is 19.5 Å². The summed E-state index contributed by atoms with van der Waals surface area (Å²) >= 11 is 6.07. The molecule has 2 aromatic carbocycles. The molecule has 0 spiro atoms. The Labute approximate surface area is 156 Å². The minimum absolute atomic E-state index is 0.164. The van der Waals surface area contributed by atoms with Crippen molar-refractivity contribution in [3.8, 4) is 5.75 Å². The second kappa shape index (κ2) is 8.47. The van der Waals surface area contributed by atoms with E-state index in [2.05, 4.69) is 5.32 Å². The molecular formula is C19H21ClF2N2O2. The fourth-order valence-corrected chi connectivity index (χ4v) is 2.58. The lowest BCUT2D eigenvalue weighted by Gasteiger charge is -2.24. The van der Waals surface area contributed by atoms with Gasteiger partial charge in [-0.05, 0) is 38.6 Å². The lowest BCUT2D eigenvalue weighted by molar-refractivity contribution is -0.120. The number of halogens is 3. The molecule has 2 aromatic rings. The third-order valence-electron chi connectivity index (χ3n) is 4.21. The Hall–Kier alpha value is -2.18. The van der Waals surface area contributed by atoms with Crippen LogP contribution in [0.3, 0.4) is 0 Å². The second-order valence-electron chi connectivity index (χ2n) is 6.12. The smallest absolute Gasteiger partial charge is 0.241 e. The molecule has 1 atom stereocenters. The van der Waals surface area contributed by atoms with Gasteiger partial charge in [-0.15, -0.1) is 0 Å². The van der Waals surface area contributed by atoms with Crippen LogP contribution in [0.15, 0.2) is 30.3 Å². The van der Waals surface area contributed by atoms with Crippen LogP contribution in [0.1, 0.15) is 18.1 Å². The van der Waals surface area contributed by atoms with Crippen molar-refractivity contribution in [1.82, 2.24) is 4.90 Å². The van der Waals surface area contributed by atoms with Crippen molar-refractivity contribution in [3.05, 3.63) is 58.1 Å². The van der Waals surface area contributed by atoms with Crippen LogP contribution in [0, 0.1) is 18.6 Å². The Kier molecular flexibility index (Phi) is 6.56. The molecule has 1 amide bonds. The molecule has 7 heteroatoms. The van der Waals surface area contributed by atoms with Crippen LogP contribution >= 0.6 is 11.6 Å². The predicted molar refractivity (Wildman–Crippen MR) is 98.7 cm³/mol. The van der Waals surface area contributed by atoms with Crippen LogP contribution < -0.4 is 10.1 Å². The normalized spacial score (nSPS) is 12.2. The van der Waals surface area contributed by atoms with E-state index >= 15 is 0 Å². The van der Waals surface area contributed by atoms with Gasteiger partial charge < -0.3 is 10.1 Å². The Morgan fingerprint density at radius 1 is 1.31 bits per heavy atom. The molecular weight excluding hydrogens is 362 g/mol. The molecule has 0 aliphatic rings. The van der Waals surface area contributed by atoms with Crippen molar-refractivity contribution in [3.63, 3.8) is 0 Å². The minimum Gasteiger partial charge on any atom is -0.495 e. The van der Waals surface area contributed by atoms with Gasteiger partial charge in [-0.2, -0.15) is 0 Å². The van der Waals surface area contributed by atoms with Gasteiger partial charge in [-0.3, -0.25) is 9.69 Å². The molecule has 1 unspecified atom stereocenters. The van der Waals surface area contributed by atoms with Crippen molar-refractivity contribution in [1.29, 1.82) is 0 Å². The van der Waals surface area contributed by atoms with E-state index < -0.39 is 17.7 Å². The number of methoxy groups -OCH3 is 1. The van der Waals surface area contributed by atoms with E-state index in [-0.39, 0.29) is 12.5 Å². The van der Waals surface area contributed by atoms with Crippen LogP contribution in [0.2, 0.25) is 5.02 Å². The van der Waals surface area contributed by atoms with Crippen molar-refractivity contribution >= 4 is 23.2 Å². The number of rotatable bonds is 6. The summed E-state index contributed by atoms with van der Waals surface area (Å²) < 4.78 is 32.1. The van der Waals surface area contributed by atoms with E-state index in [9.17, 15) is 13.6 Å². The number of amides is 1. The fourth-order valence-electron chi connectivity index (χ4n) is 2.42. The monoisotopic (exact) mass is 382 g/mol. The molecule has 0 radical (unpaired) electrons. The van der Waals surface area contributed by atoms with Crippen LogP contribution in [-0.2, 0) is 11.3 Å². The maximum absolute atomic E-state index is 13.8. The van der Waals surface area contributed by atoms with Gasteiger partial charge in [0, 0.05) is 29.3 Å². The molecule has 0 aromatic heterocycles. The van der Waals surface area contributed by atoms with Gasteiger partial charge in [0.05, 0.1) is 18.8 Å². The van der Waals surface area contributed by atoms with Gasteiger partial charge in [-0.25, -0.2) is 8.78 Å². The molecule has 26 heavy (non-hydrogen) atoms. The molecule has 0 saturated carbocycles. The zero-order valence-electron chi connectivity index (χ0n) is 15.1. The highest BCUT2D eigenvalue weighted by molar-refractivity contribution is 6.31. The Morgan fingerprint density at radius 2 is 2.00 bits per heavy atom. The number of carbonyl (C=O) groups is 1. The number of anilines is 1. The fraction of sp³-hybridized carbons (Fsp3) is 0.316. The molecule has 0 bridgehead atoms. The maximum Gasteiger partial charge on any atom is 0.241 e. The summed E-state index contributed by atoms with van der Waals surface area (Å²) in [7, 11) is 3.18. The maximum atomic E-state index is 13.8. The summed E-state index contributed by atoms with van der Waals surface area (Å²) in [5.41, 5.74) is 1.62. The van der Waals surface area contributed by atoms with Gasteiger partial charge in [0.25, 0.3) is 0 Å². The molecule has 0 aliphatic carbocycles. The summed E-state index contributed by atoms with van der Waals surface area (Å²) in [6.07, 6.45) is 0. The molecule has 140 valence electrons. The van der Waals surface area contributed by atoms with Crippen molar-refractivity contribution < 1.29 is 18.3 Å². The average molecular weight is 383 g/mol. The van der Waals surface area contributed by atoms with E-state index in [1.165, 1.54) is 19.2 Å². The summed E-state index contributed by atoms with van der Waals surface area (Å²) in [6.45, 7) is 3.69. The first-order valence-corrected chi connectivity index (χ1v) is 8.40. The molecule has 2 rings (SSSR count). The van der Waals surface area contributed by atoms with Gasteiger partial charge >= 0.3 is 0 Å². The number of hydrogen-bond acceptors (Lipinski definition) is 3. The Balaban J connectivity index is 2.10. The van der Waals surface area contributed by atoms with E-state index in [1.807, 2.05) is 6.92 Å². The van der Waals surface area contributed by atoms with E-state index in [4.69, 9.17) is 16.3 Å². The zero-order valence-corrected chi connectivity index (χ0v) is 15.8. The van der Waals surface area contributed by atoms with Crippen LogP contribution in [0.4, 0.5) is 14.5 Å². The number of ether oxygens (including phenoxy) is 1. The Bertz CT molecular complexity index is 814. The number of likely N-dealkylation sites (N-methyl/N-ethyl adjacent to an activating group) is 1. The summed E-state index contributed by atoms with van der Waals surface area (Å²) in [5, 5.41) is 3.34. The molecule has 0 fully saturated rings.